The average Bonchev–Trinajstić information content (AvgIpc) is 2.20. The van der Waals surface area contributed by atoms with E-state index in [1.165, 1.54) is 6.20 Å². The molecule has 3 nitrogen and oxygen atoms in total. The summed E-state index contributed by atoms with van der Waals surface area (Å²) in [5.74, 6) is -0.333. The molecule has 0 atom stereocenters. The van der Waals surface area contributed by atoms with Crippen LogP contribution in [0.5, 0.6) is 0 Å². The van der Waals surface area contributed by atoms with Crippen molar-refractivity contribution in [3.63, 3.8) is 0 Å². The van der Waals surface area contributed by atoms with Gasteiger partial charge in [-0.1, -0.05) is 13.8 Å². The van der Waals surface area contributed by atoms with Crippen molar-refractivity contribution in [1.29, 1.82) is 0 Å². The van der Waals surface area contributed by atoms with Crippen molar-refractivity contribution in [3.05, 3.63) is 30.1 Å². The molecule has 0 saturated carbocycles. The van der Waals surface area contributed by atoms with E-state index in [4.69, 9.17) is 4.74 Å². The molecule has 0 aliphatic carbocycles. The molecule has 0 unspecified atom stereocenters. The molecule has 0 aliphatic rings. The fourth-order valence-corrected chi connectivity index (χ4v) is 0.821. The monoisotopic (exact) mass is 209 g/mol. The van der Waals surface area contributed by atoms with E-state index in [9.17, 15) is 4.79 Å². The maximum Gasteiger partial charge on any atom is 0.340 e. The summed E-state index contributed by atoms with van der Waals surface area (Å²) in [6.45, 7) is 9.50. The Morgan fingerprint density at radius 2 is 1.93 bits per heavy atom. The summed E-state index contributed by atoms with van der Waals surface area (Å²) in [5, 5.41) is 0. The molecule has 0 N–H and O–H groups in total. The number of esters is 1. The molecular formula is C12H19NO2. The van der Waals surface area contributed by atoms with Crippen molar-refractivity contribution < 1.29 is 9.53 Å². The molecule has 0 spiro atoms. The molecule has 0 aliphatic heterocycles. The molecule has 0 amide bonds. The van der Waals surface area contributed by atoms with E-state index >= 15 is 0 Å². The van der Waals surface area contributed by atoms with Crippen LogP contribution >= 0.6 is 0 Å². The molecule has 1 aromatic heterocycles. The van der Waals surface area contributed by atoms with Crippen molar-refractivity contribution in [2.75, 3.05) is 0 Å². The van der Waals surface area contributed by atoms with E-state index in [-0.39, 0.29) is 5.97 Å². The van der Waals surface area contributed by atoms with E-state index < -0.39 is 5.60 Å². The molecule has 3 heteroatoms. The maximum atomic E-state index is 11.4. The summed E-state index contributed by atoms with van der Waals surface area (Å²) >= 11 is 0. The number of carbonyl (C=O) groups is 1. The normalized spacial score (nSPS) is 9.93. The van der Waals surface area contributed by atoms with E-state index in [2.05, 4.69) is 4.98 Å². The minimum absolute atomic E-state index is 0.333. The quantitative estimate of drug-likeness (QED) is 0.667. The highest BCUT2D eigenvalue weighted by molar-refractivity contribution is 5.89. The summed E-state index contributed by atoms with van der Waals surface area (Å²) in [6, 6.07) is 3.39. The Kier molecular flexibility index (Phi) is 5.60. The minimum atomic E-state index is -0.451. The van der Waals surface area contributed by atoms with Crippen molar-refractivity contribution in [2.45, 2.75) is 40.2 Å². The zero-order valence-electron chi connectivity index (χ0n) is 10.1. The van der Waals surface area contributed by atoms with E-state index in [0.717, 1.165) is 0 Å². The van der Waals surface area contributed by atoms with Crippen LogP contribution in [0.25, 0.3) is 0 Å². The summed E-state index contributed by atoms with van der Waals surface area (Å²) in [6.07, 6.45) is 3.11. The van der Waals surface area contributed by atoms with E-state index in [1.54, 1.807) is 18.3 Å². The number of carbonyl (C=O) groups excluding carboxylic acids is 1. The second kappa shape index (κ2) is 6.17. The minimum Gasteiger partial charge on any atom is -0.456 e. The molecule has 1 aromatic rings. The van der Waals surface area contributed by atoms with E-state index in [1.807, 2.05) is 34.6 Å². The van der Waals surface area contributed by atoms with E-state index in [0.29, 0.717) is 5.56 Å². The lowest BCUT2D eigenvalue weighted by Gasteiger charge is -2.19. The van der Waals surface area contributed by atoms with Gasteiger partial charge in [0.05, 0.1) is 5.56 Å². The molecular weight excluding hydrogens is 190 g/mol. The van der Waals surface area contributed by atoms with Crippen molar-refractivity contribution in [3.8, 4) is 0 Å². The molecule has 0 aromatic carbocycles. The molecule has 15 heavy (non-hydrogen) atoms. The SMILES string of the molecule is CC.CC(C)(C)OC(=O)c1cccnc1. The van der Waals surface area contributed by atoms with Crippen LogP contribution < -0.4 is 0 Å². The molecule has 1 rings (SSSR count). The largest absolute Gasteiger partial charge is 0.456 e. The fraction of sp³-hybridized carbons (Fsp3) is 0.500. The zero-order chi connectivity index (χ0) is 11.9. The van der Waals surface area contributed by atoms with Gasteiger partial charge >= 0.3 is 5.97 Å². The first-order valence-corrected chi connectivity index (χ1v) is 5.12. The first-order valence-electron chi connectivity index (χ1n) is 5.12. The number of pyridine rings is 1. The Morgan fingerprint density at radius 1 is 1.33 bits per heavy atom. The topological polar surface area (TPSA) is 39.2 Å². The molecule has 0 saturated heterocycles. The zero-order valence-corrected chi connectivity index (χ0v) is 10.1. The predicted octanol–water partition coefficient (Wildman–Crippen LogP) is 3.06. The van der Waals surface area contributed by atoms with Gasteiger partial charge in [0.2, 0.25) is 0 Å². The third-order valence-electron chi connectivity index (χ3n) is 1.30. The molecule has 0 bridgehead atoms. The highest BCUT2D eigenvalue weighted by Crippen LogP contribution is 2.10. The first-order chi connectivity index (χ1) is 6.99. The van der Waals surface area contributed by atoms with Crippen LogP contribution in [0.3, 0.4) is 0 Å². The van der Waals surface area contributed by atoms with Gasteiger partial charge in [0.15, 0.2) is 0 Å². The van der Waals surface area contributed by atoms with Crippen LogP contribution in [0.1, 0.15) is 45.0 Å². The lowest BCUT2D eigenvalue weighted by molar-refractivity contribution is 0.00691. The highest BCUT2D eigenvalue weighted by Gasteiger charge is 2.17. The van der Waals surface area contributed by atoms with Gasteiger partial charge in [0.25, 0.3) is 0 Å². The summed E-state index contributed by atoms with van der Waals surface area (Å²) in [5.41, 5.74) is 0.0323. The molecule has 84 valence electrons. The highest BCUT2D eigenvalue weighted by atomic mass is 16.6. The number of rotatable bonds is 1. The standard InChI is InChI=1S/C10H13NO2.C2H6/c1-10(2,3)13-9(12)8-5-4-6-11-7-8;1-2/h4-7H,1-3H3;1-2H3. The number of nitrogens with zero attached hydrogens (tertiary/aromatic N) is 1. The van der Waals surface area contributed by atoms with Gasteiger partial charge in [-0.25, -0.2) is 4.79 Å². The number of hydrogen-bond acceptors (Lipinski definition) is 3. The average molecular weight is 209 g/mol. The Morgan fingerprint density at radius 3 is 2.33 bits per heavy atom. The summed E-state index contributed by atoms with van der Waals surface area (Å²) < 4.78 is 5.14. The predicted molar refractivity (Wildman–Crippen MR) is 60.8 cm³/mol. The number of ether oxygens (including phenoxy) is 1. The third-order valence-corrected chi connectivity index (χ3v) is 1.30. The second-order valence-electron chi connectivity index (χ2n) is 3.74. The number of hydrogen-bond donors (Lipinski definition) is 0. The molecule has 1 heterocycles. The smallest absolute Gasteiger partial charge is 0.340 e. The Bertz CT molecular complexity index is 288. The first kappa shape index (κ1) is 13.6. The molecule has 0 fully saturated rings. The van der Waals surface area contributed by atoms with Crippen LogP contribution in [0.4, 0.5) is 0 Å². The third kappa shape index (κ3) is 5.83. The van der Waals surface area contributed by atoms with Crippen LogP contribution in [0, 0.1) is 0 Å². The Labute approximate surface area is 91.5 Å². The van der Waals surface area contributed by atoms with Gasteiger partial charge < -0.3 is 4.74 Å². The van der Waals surface area contributed by atoms with Gasteiger partial charge in [-0.3, -0.25) is 4.98 Å². The van der Waals surface area contributed by atoms with Gasteiger partial charge in [0.1, 0.15) is 5.60 Å². The Balaban J connectivity index is 0.000000921. The Hall–Kier alpha value is -1.38. The maximum absolute atomic E-state index is 11.4. The molecule has 0 radical (unpaired) electrons. The number of aromatic nitrogens is 1. The summed E-state index contributed by atoms with van der Waals surface area (Å²) in [7, 11) is 0. The van der Waals surface area contributed by atoms with Crippen LogP contribution in [0.15, 0.2) is 24.5 Å². The van der Waals surface area contributed by atoms with Crippen LogP contribution in [0.2, 0.25) is 0 Å². The second-order valence-corrected chi connectivity index (χ2v) is 3.74. The van der Waals surface area contributed by atoms with Gasteiger partial charge in [-0.15, -0.1) is 0 Å². The van der Waals surface area contributed by atoms with Gasteiger partial charge in [-0.2, -0.15) is 0 Å². The van der Waals surface area contributed by atoms with Crippen molar-refractivity contribution in [2.24, 2.45) is 0 Å². The van der Waals surface area contributed by atoms with Crippen molar-refractivity contribution >= 4 is 5.97 Å². The summed E-state index contributed by atoms with van der Waals surface area (Å²) in [4.78, 5) is 15.2. The van der Waals surface area contributed by atoms with Crippen molar-refractivity contribution in [1.82, 2.24) is 4.98 Å². The fourth-order valence-electron chi connectivity index (χ4n) is 0.821. The van der Waals surface area contributed by atoms with Crippen LogP contribution in [-0.4, -0.2) is 16.6 Å². The lowest BCUT2D eigenvalue weighted by Crippen LogP contribution is -2.23. The lowest BCUT2D eigenvalue weighted by atomic mass is 10.2. The van der Waals surface area contributed by atoms with Gasteiger partial charge in [0, 0.05) is 12.4 Å². The van der Waals surface area contributed by atoms with Gasteiger partial charge in [-0.05, 0) is 32.9 Å². The van der Waals surface area contributed by atoms with Crippen LogP contribution in [-0.2, 0) is 4.74 Å².